The van der Waals surface area contributed by atoms with E-state index in [1.165, 1.54) is 59.5 Å². The molecular formula is C35H33FNO13P. The molecule has 2 aliphatic rings. The molecule has 0 aromatic heterocycles. The molecule has 16 heteroatoms. The molecule has 4 aromatic rings. The summed E-state index contributed by atoms with van der Waals surface area (Å²) >= 11 is 0. The molecule has 0 radical (unpaired) electrons. The Morgan fingerprint density at radius 3 is 2.16 bits per heavy atom. The Hall–Kier alpha value is -4.54. The van der Waals surface area contributed by atoms with E-state index >= 15 is 0 Å². The molecule has 7 N–H and O–H groups in total. The topological polar surface area (TPSA) is 224 Å². The van der Waals surface area contributed by atoms with E-state index in [-0.39, 0.29) is 23.2 Å². The Kier molecular flexibility index (Phi) is 10.4. The molecule has 0 spiro atoms. The number of halogens is 1. The number of nitrogens with zero attached hydrogens (tertiary/aromatic N) is 1. The summed E-state index contributed by atoms with van der Waals surface area (Å²) in [7, 11) is -4.54. The van der Waals surface area contributed by atoms with Crippen molar-refractivity contribution < 1.29 is 68.1 Å². The van der Waals surface area contributed by atoms with Gasteiger partial charge in [0.05, 0.1) is 11.9 Å². The van der Waals surface area contributed by atoms with Gasteiger partial charge in [0.15, 0.2) is 12.2 Å². The zero-order valence-corrected chi connectivity index (χ0v) is 27.3. The van der Waals surface area contributed by atoms with Gasteiger partial charge in [0.25, 0.3) is 5.91 Å². The van der Waals surface area contributed by atoms with Crippen LogP contribution in [0.1, 0.15) is 23.3 Å². The molecule has 4 unspecified atom stereocenters. The van der Waals surface area contributed by atoms with E-state index in [1.807, 2.05) is 0 Å². The number of hydrogen-bond donors (Lipinski definition) is 7. The van der Waals surface area contributed by atoms with Crippen molar-refractivity contribution in [2.75, 3.05) is 11.5 Å². The van der Waals surface area contributed by atoms with Gasteiger partial charge in [-0.1, -0.05) is 54.6 Å². The zero-order valence-electron chi connectivity index (χ0n) is 26.4. The Labute approximate surface area is 289 Å². The van der Waals surface area contributed by atoms with E-state index in [0.29, 0.717) is 22.4 Å². The fourth-order valence-electron chi connectivity index (χ4n) is 5.96. The van der Waals surface area contributed by atoms with Crippen molar-refractivity contribution >= 4 is 30.5 Å². The minimum absolute atomic E-state index is 0.0746. The third-order valence-corrected chi connectivity index (χ3v) is 9.66. The van der Waals surface area contributed by atoms with Crippen molar-refractivity contribution in [3.8, 4) is 16.9 Å². The number of aliphatic hydroxyl groups is 4. The summed E-state index contributed by atoms with van der Waals surface area (Å²) in [5.41, 5.74) is 1.96. The summed E-state index contributed by atoms with van der Waals surface area (Å²) in [5.74, 6) is -2.69. The summed E-state index contributed by atoms with van der Waals surface area (Å²) in [6, 6.07) is 22.7. The van der Waals surface area contributed by atoms with Gasteiger partial charge < -0.3 is 49.5 Å². The lowest BCUT2D eigenvalue weighted by Gasteiger charge is -2.47. The first-order valence-electron chi connectivity index (χ1n) is 15.6. The third kappa shape index (κ3) is 7.44. The summed E-state index contributed by atoms with van der Waals surface area (Å²) in [6.07, 6.45) is -12.2. The lowest BCUT2D eigenvalue weighted by atomic mass is 9.87. The number of carbonyl (C=O) groups excluding carboxylic acids is 1. The van der Waals surface area contributed by atoms with Crippen LogP contribution in [-0.4, -0.2) is 90.6 Å². The predicted octanol–water partition coefficient (Wildman–Crippen LogP) is 1.77. The van der Waals surface area contributed by atoms with Gasteiger partial charge in [-0.15, -0.1) is 0 Å². The Morgan fingerprint density at radius 2 is 1.53 bits per heavy atom. The van der Waals surface area contributed by atoms with Crippen molar-refractivity contribution in [2.24, 2.45) is 0 Å². The Morgan fingerprint density at radius 1 is 0.882 bits per heavy atom. The van der Waals surface area contributed by atoms with Crippen LogP contribution in [0.3, 0.4) is 0 Å². The number of aliphatic carboxylic acids is 1. The van der Waals surface area contributed by atoms with E-state index in [4.69, 9.17) is 14.2 Å². The normalized spacial score (nSPS) is 25.6. The summed E-state index contributed by atoms with van der Waals surface area (Å²) < 4.78 is 42.6. The van der Waals surface area contributed by atoms with Gasteiger partial charge in [-0.2, -0.15) is 0 Å². The quantitative estimate of drug-likeness (QED) is 0.0867. The van der Waals surface area contributed by atoms with Crippen LogP contribution in [0.5, 0.6) is 5.75 Å². The van der Waals surface area contributed by atoms with Crippen molar-refractivity contribution in [1.82, 2.24) is 0 Å². The van der Waals surface area contributed by atoms with Crippen LogP contribution >= 0.6 is 7.60 Å². The van der Waals surface area contributed by atoms with Gasteiger partial charge >= 0.3 is 13.6 Å². The van der Waals surface area contributed by atoms with Crippen LogP contribution in [0.25, 0.3) is 11.1 Å². The average Bonchev–Trinajstić information content (AvgIpc) is 3.11. The number of aliphatic hydroxyl groups excluding tert-OH is 4. The first kappa shape index (κ1) is 36.3. The van der Waals surface area contributed by atoms with Gasteiger partial charge in [0.2, 0.25) is 6.29 Å². The van der Waals surface area contributed by atoms with Crippen LogP contribution in [-0.2, 0) is 23.6 Å². The summed E-state index contributed by atoms with van der Waals surface area (Å²) in [6.45, 7) is -0.365. The van der Waals surface area contributed by atoms with E-state index in [2.05, 4.69) is 0 Å². The summed E-state index contributed by atoms with van der Waals surface area (Å²) in [5, 5.41) is 51.6. The first-order valence-corrected chi connectivity index (χ1v) is 17.2. The number of para-hydroxylation sites is 1. The minimum atomic E-state index is -4.54. The van der Waals surface area contributed by atoms with Gasteiger partial charge in [0, 0.05) is 11.3 Å². The van der Waals surface area contributed by atoms with Crippen molar-refractivity contribution in [2.45, 2.75) is 49.0 Å². The molecule has 51 heavy (non-hydrogen) atoms. The number of anilines is 1. The summed E-state index contributed by atoms with van der Waals surface area (Å²) in [4.78, 5) is 46.0. The number of rotatable bonds is 11. The fraction of sp³-hybridized carbons (Fsp3) is 0.257. The van der Waals surface area contributed by atoms with Crippen molar-refractivity contribution in [1.29, 1.82) is 0 Å². The molecule has 268 valence electrons. The number of β-lactam (4-membered cyclic amide) rings is 1. The monoisotopic (exact) mass is 725 g/mol. The highest BCUT2D eigenvalue weighted by Gasteiger charge is 2.52. The molecule has 0 aliphatic carbocycles. The highest BCUT2D eigenvalue weighted by molar-refractivity contribution is 7.60. The minimum Gasteiger partial charge on any atom is -0.479 e. The van der Waals surface area contributed by atoms with Crippen LogP contribution in [0.4, 0.5) is 10.1 Å². The molecule has 8 atom stereocenters. The fourth-order valence-corrected chi connectivity index (χ4v) is 6.50. The van der Waals surface area contributed by atoms with Gasteiger partial charge in [-0.25, -0.2) is 9.18 Å². The molecule has 6 rings (SSSR count). The molecule has 2 saturated heterocycles. The maximum Gasteiger partial charge on any atom is 0.356 e. The SMILES string of the molecule is O=C(O)C1O[C@@H](Oc2cc(-c3ccc(P(=O)(O)O)cc3)ccc2[C@@H]2[C@@H](OC[C@H](O)c3ccc(F)cc3)C(=O)N2c2ccccc2)C(O)C(O)C1O. The number of carboxylic acids is 1. The number of benzene rings is 4. The second-order valence-corrected chi connectivity index (χ2v) is 13.6. The second kappa shape index (κ2) is 14.6. The van der Waals surface area contributed by atoms with Crippen LogP contribution < -0.4 is 14.9 Å². The Bertz CT molecular complexity index is 1920. The van der Waals surface area contributed by atoms with Crippen molar-refractivity contribution in [3.63, 3.8) is 0 Å². The highest BCUT2D eigenvalue weighted by Crippen LogP contribution is 2.46. The average molecular weight is 726 g/mol. The van der Waals surface area contributed by atoms with Gasteiger partial charge in [0.1, 0.15) is 42.0 Å². The third-order valence-electron chi connectivity index (χ3n) is 8.69. The van der Waals surface area contributed by atoms with E-state index < -0.39 is 74.2 Å². The largest absolute Gasteiger partial charge is 0.479 e. The second-order valence-electron chi connectivity index (χ2n) is 12.0. The highest BCUT2D eigenvalue weighted by atomic mass is 31.2. The maximum atomic E-state index is 13.7. The maximum absolute atomic E-state index is 13.7. The Balaban J connectivity index is 1.40. The molecule has 0 bridgehead atoms. The molecule has 0 saturated carbocycles. The molecule has 2 aliphatic heterocycles. The standard InChI is InChI=1S/C35H33FNO13P/c36-21-11-6-19(7-12-21)25(38)17-48-31-27(37(33(31)42)22-4-2-1-3-5-22)24-15-10-20(18-8-13-23(14-9-18)51(45,46)47)16-26(24)49-35-30(41)28(39)29(40)32(50-35)34(43)44/h1-16,25,27-32,35,38-41H,17H2,(H,43,44)(H2,45,46,47)/t25-,27+,28?,29?,30?,31+,32?,35+/m0/s1. The van der Waals surface area contributed by atoms with Crippen LogP contribution in [0, 0.1) is 5.82 Å². The lowest BCUT2D eigenvalue weighted by Crippen LogP contribution is -2.62. The van der Waals surface area contributed by atoms with E-state index in [1.54, 1.807) is 42.5 Å². The molecule has 4 aromatic carbocycles. The van der Waals surface area contributed by atoms with Gasteiger partial charge in [-0.05, 0) is 59.2 Å². The van der Waals surface area contributed by atoms with Crippen LogP contribution in [0.2, 0.25) is 0 Å². The molecule has 14 nitrogen and oxygen atoms in total. The zero-order chi connectivity index (χ0) is 36.6. The van der Waals surface area contributed by atoms with Gasteiger partial charge in [-0.3, -0.25) is 14.3 Å². The number of carboxylic acid groups (broad SMARTS) is 1. The molecular weight excluding hydrogens is 692 g/mol. The lowest BCUT2D eigenvalue weighted by molar-refractivity contribution is -0.271. The van der Waals surface area contributed by atoms with Crippen LogP contribution in [0.15, 0.2) is 97.1 Å². The molecule has 2 fully saturated rings. The number of carbonyl (C=O) groups is 2. The first-order chi connectivity index (χ1) is 24.2. The molecule has 1 amide bonds. The number of ether oxygens (including phenoxy) is 3. The van der Waals surface area contributed by atoms with E-state index in [9.17, 15) is 53.9 Å². The van der Waals surface area contributed by atoms with Crippen molar-refractivity contribution in [3.05, 3.63) is 114 Å². The smallest absolute Gasteiger partial charge is 0.356 e. The molecule has 2 heterocycles. The number of amides is 1. The van der Waals surface area contributed by atoms with E-state index in [0.717, 1.165) is 0 Å². The number of hydrogen-bond acceptors (Lipinski definition) is 10. The predicted molar refractivity (Wildman–Crippen MR) is 176 cm³/mol.